The third-order valence-corrected chi connectivity index (χ3v) is 5.99. The van der Waals surface area contributed by atoms with E-state index in [1.54, 1.807) is 0 Å². The predicted molar refractivity (Wildman–Crippen MR) is 88.5 cm³/mol. The van der Waals surface area contributed by atoms with E-state index in [1.165, 1.54) is 13.0 Å². The van der Waals surface area contributed by atoms with Gasteiger partial charge in [-0.05, 0) is 43.4 Å². The predicted octanol–water partition coefficient (Wildman–Crippen LogP) is 3.01. The molecule has 0 bridgehead atoms. The number of aryl methyl sites for hydroxylation is 1. The molecule has 0 amide bonds. The summed E-state index contributed by atoms with van der Waals surface area (Å²) in [6.07, 6.45) is 4.14. The van der Waals surface area contributed by atoms with E-state index in [-0.39, 0.29) is 46.4 Å². The maximum absolute atomic E-state index is 13.4. The van der Waals surface area contributed by atoms with Crippen molar-refractivity contribution in [3.05, 3.63) is 28.5 Å². The van der Waals surface area contributed by atoms with Crippen LogP contribution < -0.4 is 10.5 Å². The average Bonchev–Trinajstić information content (AvgIpc) is 2.94. The Kier molecular flexibility index (Phi) is 7.08. The largest absolute Gasteiger partial charge is 0.329 e. The number of benzene rings is 1. The number of hydrogen-bond acceptors (Lipinski definition) is 3. The van der Waals surface area contributed by atoms with Crippen molar-refractivity contribution < 1.29 is 12.8 Å². The summed E-state index contributed by atoms with van der Waals surface area (Å²) in [4.78, 5) is -0.0977. The van der Waals surface area contributed by atoms with E-state index >= 15 is 0 Å². The molecule has 22 heavy (non-hydrogen) atoms. The molecule has 0 aromatic heterocycles. The molecule has 1 aromatic carbocycles. The first-order chi connectivity index (χ1) is 9.85. The molecule has 1 unspecified atom stereocenters. The lowest BCUT2D eigenvalue weighted by Crippen LogP contribution is -2.44. The van der Waals surface area contributed by atoms with E-state index in [4.69, 9.17) is 17.3 Å². The van der Waals surface area contributed by atoms with Crippen LogP contribution in [0.5, 0.6) is 0 Å². The Morgan fingerprint density at radius 1 is 1.41 bits per heavy atom. The summed E-state index contributed by atoms with van der Waals surface area (Å²) in [5.74, 6) is -0.268. The van der Waals surface area contributed by atoms with E-state index < -0.39 is 15.8 Å². The minimum atomic E-state index is -3.81. The normalized spacial score (nSPS) is 17.3. The summed E-state index contributed by atoms with van der Waals surface area (Å²) in [5.41, 5.74) is 5.95. The van der Waals surface area contributed by atoms with Crippen LogP contribution in [0.4, 0.5) is 4.39 Å². The number of halogens is 3. The maximum atomic E-state index is 13.4. The van der Waals surface area contributed by atoms with Gasteiger partial charge >= 0.3 is 0 Å². The average molecular weight is 371 g/mol. The van der Waals surface area contributed by atoms with Crippen LogP contribution in [0.15, 0.2) is 17.0 Å². The Balaban J connectivity index is 0.00000242. The van der Waals surface area contributed by atoms with E-state index in [9.17, 15) is 12.8 Å². The third kappa shape index (κ3) is 4.32. The Morgan fingerprint density at radius 2 is 2.00 bits per heavy atom. The summed E-state index contributed by atoms with van der Waals surface area (Å²) < 4.78 is 41.0. The summed E-state index contributed by atoms with van der Waals surface area (Å²) in [6, 6.07) is 1.97. The summed E-state index contributed by atoms with van der Waals surface area (Å²) in [5, 5.41) is -0.118. The van der Waals surface area contributed by atoms with Crippen LogP contribution in [0, 0.1) is 18.7 Å². The van der Waals surface area contributed by atoms with E-state index in [2.05, 4.69) is 4.72 Å². The van der Waals surface area contributed by atoms with Gasteiger partial charge in [-0.1, -0.05) is 24.4 Å². The monoisotopic (exact) mass is 370 g/mol. The highest BCUT2D eigenvalue weighted by Gasteiger charge is 2.29. The Morgan fingerprint density at radius 3 is 2.55 bits per heavy atom. The Labute approximate surface area is 142 Å². The number of nitrogens with two attached hydrogens (primary N) is 1. The highest BCUT2D eigenvalue weighted by atomic mass is 35.5. The van der Waals surface area contributed by atoms with Crippen LogP contribution in [-0.4, -0.2) is 21.0 Å². The van der Waals surface area contributed by atoms with Gasteiger partial charge < -0.3 is 5.73 Å². The zero-order chi connectivity index (χ0) is 15.6. The minimum Gasteiger partial charge on any atom is -0.329 e. The highest BCUT2D eigenvalue weighted by Crippen LogP contribution is 2.29. The second-order valence-electron chi connectivity index (χ2n) is 5.54. The molecule has 0 saturated heterocycles. The molecule has 1 aliphatic rings. The number of nitrogens with one attached hydrogen (secondary N) is 1. The fraction of sp³-hybridized carbons (Fsp3) is 0.571. The topological polar surface area (TPSA) is 72.2 Å². The second kappa shape index (κ2) is 7.93. The lowest BCUT2D eigenvalue weighted by Gasteiger charge is -2.23. The molecule has 1 aromatic rings. The smallest absolute Gasteiger partial charge is 0.242 e. The van der Waals surface area contributed by atoms with Crippen LogP contribution in [0.1, 0.15) is 31.2 Å². The van der Waals surface area contributed by atoms with Crippen LogP contribution in [0.2, 0.25) is 5.02 Å². The van der Waals surface area contributed by atoms with Crippen molar-refractivity contribution >= 4 is 34.0 Å². The van der Waals surface area contributed by atoms with Gasteiger partial charge in [0, 0.05) is 12.6 Å². The first-order valence-corrected chi connectivity index (χ1v) is 8.89. The van der Waals surface area contributed by atoms with Gasteiger partial charge in [-0.2, -0.15) is 0 Å². The fourth-order valence-electron chi connectivity index (χ4n) is 2.80. The molecule has 0 heterocycles. The lowest BCUT2D eigenvalue weighted by atomic mass is 9.99. The first kappa shape index (κ1) is 19.6. The van der Waals surface area contributed by atoms with Crippen LogP contribution in [0.3, 0.4) is 0 Å². The van der Waals surface area contributed by atoms with Gasteiger partial charge in [-0.15, -0.1) is 12.4 Å². The molecular formula is C14H21Cl2FN2O2S. The van der Waals surface area contributed by atoms with Crippen molar-refractivity contribution in [2.24, 2.45) is 11.7 Å². The summed E-state index contributed by atoms with van der Waals surface area (Å²) in [6.45, 7) is 1.74. The minimum absolute atomic E-state index is 0. The Hall–Kier alpha value is -0.400. The van der Waals surface area contributed by atoms with Crippen LogP contribution in [0.25, 0.3) is 0 Å². The van der Waals surface area contributed by atoms with E-state index in [1.807, 2.05) is 0 Å². The second-order valence-corrected chi connectivity index (χ2v) is 7.63. The van der Waals surface area contributed by atoms with Crippen LogP contribution in [-0.2, 0) is 10.0 Å². The van der Waals surface area contributed by atoms with Crippen LogP contribution >= 0.6 is 24.0 Å². The Bertz CT molecular complexity index is 620. The molecule has 0 spiro atoms. The summed E-state index contributed by atoms with van der Waals surface area (Å²) >= 11 is 5.88. The molecule has 0 radical (unpaired) electrons. The van der Waals surface area contributed by atoms with Crippen molar-refractivity contribution in [2.45, 2.75) is 43.5 Å². The third-order valence-electron chi connectivity index (χ3n) is 4.03. The van der Waals surface area contributed by atoms with Crippen molar-refractivity contribution in [3.8, 4) is 0 Å². The van der Waals surface area contributed by atoms with E-state index in [0.29, 0.717) is 0 Å². The van der Waals surface area contributed by atoms with E-state index in [0.717, 1.165) is 31.7 Å². The van der Waals surface area contributed by atoms with Gasteiger partial charge in [0.25, 0.3) is 0 Å². The molecule has 0 aliphatic heterocycles. The number of rotatable bonds is 5. The van der Waals surface area contributed by atoms with Gasteiger partial charge in [-0.3, -0.25) is 0 Å². The van der Waals surface area contributed by atoms with Gasteiger partial charge in [0.1, 0.15) is 10.7 Å². The van der Waals surface area contributed by atoms with Gasteiger partial charge in [-0.25, -0.2) is 17.5 Å². The molecule has 1 aliphatic carbocycles. The maximum Gasteiger partial charge on any atom is 0.242 e. The zero-order valence-electron chi connectivity index (χ0n) is 12.3. The molecule has 2 rings (SSSR count). The molecule has 3 N–H and O–H groups in total. The molecule has 126 valence electrons. The lowest BCUT2D eigenvalue weighted by molar-refractivity contribution is 0.405. The molecule has 4 nitrogen and oxygen atoms in total. The quantitative estimate of drug-likeness (QED) is 0.836. The number of hydrogen-bond donors (Lipinski definition) is 2. The standard InChI is InChI=1S/C14H20ClFN2O2S.ClH/c1-9-6-14(11(15)7-12(9)16)21(19,20)18-13(8-17)10-4-2-3-5-10;/h6-7,10,13,18H,2-5,8,17H2,1H3;1H. The molecule has 8 heteroatoms. The molecular weight excluding hydrogens is 350 g/mol. The molecule has 1 atom stereocenters. The SMILES string of the molecule is Cc1cc(S(=O)(=O)NC(CN)C2CCCC2)c(Cl)cc1F.Cl. The summed E-state index contributed by atoms with van der Waals surface area (Å²) in [7, 11) is -3.81. The van der Waals surface area contributed by atoms with Crippen molar-refractivity contribution in [1.82, 2.24) is 4.72 Å². The van der Waals surface area contributed by atoms with Crippen molar-refractivity contribution in [2.75, 3.05) is 6.54 Å². The fourth-order valence-corrected chi connectivity index (χ4v) is 4.71. The zero-order valence-corrected chi connectivity index (χ0v) is 14.7. The van der Waals surface area contributed by atoms with Gasteiger partial charge in [0.05, 0.1) is 5.02 Å². The van der Waals surface area contributed by atoms with Crippen molar-refractivity contribution in [1.29, 1.82) is 0 Å². The van der Waals surface area contributed by atoms with Crippen molar-refractivity contribution in [3.63, 3.8) is 0 Å². The molecule has 1 fully saturated rings. The highest BCUT2D eigenvalue weighted by molar-refractivity contribution is 7.89. The first-order valence-electron chi connectivity index (χ1n) is 7.03. The number of sulfonamides is 1. The molecule has 1 saturated carbocycles. The van der Waals surface area contributed by atoms with Gasteiger partial charge in [0.2, 0.25) is 10.0 Å². The van der Waals surface area contributed by atoms with Gasteiger partial charge in [0.15, 0.2) is 0 Å².